The first-order chi connectivity index (χ1) is 16.6. The van der Waals surface area contributed by atoms with Gasteiger partial charge in [-0.1, -0.05) is 60.7 Å². The Morgan fingerprint density at radius 2 is 1.59 bits per heavy atom. The van der Waals surface area contributed by atoms with Crippen molar-refractivity contribution in [3.8, 4) is 28.8 Å². The summed E-state index contributed by atoms with van der Waals surface area (Å²) in [5.41, 5.74) is 8.03. The highest BCUT2D eigenvalue weighted by molar-refractivity contribution is 6.00. The van der Waals surface area contributed by atoms with Crippen molar-refractivity contribution < 1.29 is 14.3 Å². The first kappa shape index (κ1) is 22.3. The van der Waals surface area contributed by atoms with E-state index < -0.39 is 11.8 Å². The van der Waals surface area contributed by atoms with Crippen molar-refractivity contribution >= 4 is 11.8 Å². The van der Waals surface area contributed by atoms with Gasteiger partial charge >= 0.3 is 0 Å². The third kappa shape index (κ3) is 5.47. The fourth-order valence-corrected chi connectivity index (χ4v) is 3.24. The molecule has 2 amide bonds. The summed E-state index contributed by atoms with van der Waals surface area (Å²) < 4.78 is 7.05. The molecule has 0 atom stereocenters. The predicted octanol–water partition coefficient (Wildman–Crippen LogP) is 3.45. The van der Waals surface area contributed by atoms with Crippen molar-refractivity contribution in [1.82, 2.24) is 20.6 Å². The number of carbonyl (C=O) groups excluding carboxylic acids is 2. The van der Waals surface area contributed by atoms with Crippen LogP contribution in [-0.2, 0) is 11.2 Å². The molecule has 34 heavy (non-hydrogen) atoms. The maximum atomic E-state index is 12.9. The number of nitrogens with one attached hydrogen (secondary N) is 2. The summed E-state index contributed by atoms with van der Waals surface area (Å²) in [5, 5.41) is 13.3. The second-order valence-electron chi connectivity index (χ2n) is 7.31. The molecule has 1 heterocycles. The molecule has 0 saturated heterocycles. The summed E-state index contributed by atoms with van der Waals surface area (Å²) in [4.78, 5) is 25.1. The largest absolute Gasteiger partial charge is 0.484 e. The van der Waals surface area contributed by atoms with Crippen LogP contribution in [0.15, 0.2) is 91.1 Å². The highest BCUT2D eigenvalue weighted by Gasteiger charge is 2.19. The van der Waals surface area contributed by atoms with Crippen LogP contribution < -0.4 is 15.6 Å². The van der Waals surface area contributed by atoms with E-state index in [-0.39, 0.29) is 6.61 Å². The Hall–Kier alpha value is -4.90. The fourth-order valence-electron chi connectivity index (χ4n) is 3.24. The second-order valence-corrected chi connectivity index (χ2v) is 7.31. The monoisotopic (exact) mass is 451 g/mol. The Morgan fingerprint density at radius 3 is 2.26 bits per heavy atom. The minimum absolute atomic E-state index is 0.285. The molecule has 0 radical (unpaired) electrons. The molecule has 0 bridgehead atoms. The predicted molar refractivity (Wildman–Crippen MR) is 126 cm³/mol. The van der Waals surface area contributed by atoms with E-state index in [9.17, 15) is 9.59 Å². The standard InChI is InChI=1S/C26H21N5O3/c27-16-15-19-11-13-22(14-12-19)34-18-24(32)28-29-26(33)23-17-31(21-9-5-2-6-10-21)30-25(23)20-7-3-1-4-8-20/h1-14,17H,15,18H2,(H,28,32)(H,29,33). The normalized spacial score (nSPS) is 10.2. The van der Waals surface area contributed by atoms with E-state index in [1.54, 1.807) is 35.1 Å². The number of carbonyl (C=O) groups is 2. The Balaban J connectivity index is 1.42. The van der Waals surface area contributed by atoms with Crippen LogP contribution in [0.5, 0.6) is 5.75 Å². The van der Waals surface area contributed by atoms with Gasteiger partial charge in [-0.05, 0) is 29.8 Å². The van der Waals surface area contributed by atoms with Crippen molar-refractivity contribution in [2.75, 3.05) is 6.61 Å². The summed E-state index contributed by atoms with van der Waals surface area (Å²) in [7, 11) is 0. The molecule has 0 aliphatic carbocycles. The minimum Gasteiger partial charge on any atom is -0.484 e. The van der Waals surface area contributed by atoms with Gasteiger partial charge in [-0.15, -0.1) is 0 Å². The lowest BCUT2D eigenvalue weighted by Gasteiger charge is -2.09. The summed E-state index contributed by atoms with van der Waals surface area (Å²) in [5.74, 6) is -0.542. The summed E-state index contributed by atoms with van der Waals surface area (Å²) >= 11 is 0. The number of nitriles is 1. The van der Waals surface area contributed by atoms with Crippen LogP contribution in [0.4, 0.5) is 0 Å². The molecule has 0 aliphatic heterocycles. The lowest BCUT2D eigenvalue weighted by atomic mass is 10.1. The molecule has 2 N–H and O–H groups in total. The highest BCUT2D eigenvalue weighted by Crippen LogP contribution is 2.23. The first-order valence-electron chi connectivity index (χ1n) is 10.5. The molecule has 1 aromatic heterocycles. The maximum absolute atomic E-state index is 12.9. The maximum Gasteiger partial charge on any atom is 0.276 e. The molecular weight excluding hydrogens is 430 g/mol. The Labute approximate surface area is 196 Å². The van der Waals surface area contributed by atoms with Gasteiger partial charge in [-0.3, -0.25) is 20.4 Å². The second kappa shape index (κ2) is 10.6. The number of rotatable bonds is 7. The van der Waals surface area contributed by atoms with E-state index in [1.807, 2.05) is 60.7 Å². The number of hydrogen-bond acceptors (Lipinski definition) is 5. The van der Waals surface area contributed by atoms with Crippen LogP contribution >= 0.6 is 0 Å². The van der Waals surface area contributed by atoms with E-state index >= 15 is 0 Å². The Bertz CT molecular complexity index is 1310. The van der Waals surface area contributed by atoms with Crippen LogP contribution in [-0.4, -0.2) is 28.2 Å². The number of ether oxygens (including phenoxy) is 1. The highest BCUT2D eigenvalue weighted by atomic mass is 16.5. The number of nitrogens with zero attached hydrogens (tertiary/aromatic N) is 3. The van der Waals surface area contributed by atoms with E-state index in [0.29, 0.717) is 23.4 Å². The number of hydrazine groups is 1. The molecule has 168 valence electrons. The quantitative estimate of drug-likeness (QED) is 0.419. The van der Waals surface area contributed by atoms with Crippen molar-refractivity contribution in [3.63, 3.8) is 0 Å². The third-order valence-corrected chi connectivity index (χ3v) is 4.92. The molecule has 4 aromatic rings. The summed E-state index contributed by atoms with van der Waals surface area (Å²) in [6, 6.07) is 27.7. The van der Waals surface area contributed by atoms with Crippen molar-refractivity contribution in [1.29, 1.82) is 5.26 Å². The molecule has 3 aromatic carbocycles. The van der Waals surface area contributed by atoms with Gasteiger partial charge in [-0.25, -0.2) is 4.68 Å². The lowest BCUT2D eigenvalue weighted by Crippen LogP contribution is -2.43. The van der Waals surface area contributed by atoms with Crippen LogP contribution in [0.3, 0.4) is 0 Å². The third-order valence-electron chi connectivity index (χ3n) is 4.92. The zero-order valence-electron chi connectivity index (χ0n) is 18.1. The SMILES string of the molecule is N#CCc1ccc(OCC(=O)NNC(=O)c2cn(-c3ccccc3)nc2-c2ccccc2)cc1. The Kier molecular flexibility index (Phi) is 6.96. The van der Waals surface area contributed by atoms with Crippen LogP contribution in [0, 0.1) is 11.3 Å². The van der Waals surface area contributed by atoms with Gasteiger partial charge in [0, 0.05) is 11.8 Å². The van der Waals surface area contributed by atoms with Crippen molar-refractivity contribution in [2.24, 2.45) is 0 Å². The van der Waals surface area contributed by atoms with Gasteiger partial charge in [-0.2, -0.15) is 10.4 Å². The Morgan fingerprint density at radius 1 is 0.912 bits per heavy atom. The van der Waals surface area contributed by atoms with Gasteiger partial charge in [0.1, 0.15) is 11.4 Å². The average molecular weight is 451 g/mol. The number of hydrogen-bond donors (Lipinski definition) is 2. The molecule has 4 rings (SSSR count). The average Bonchev–Trinajstić information content (AvgIpc) is 3.34. The molecule has 0 fully saturated rings. The summed E-state index contributed by atoms with van der Waals surface area (Å²) in [6.07, 6.45) is 1.93. The fraction of sp³-hybridized carbons (Fsp3) is 0.0769. The zero-order chi connectivity index (χ0) is 23.8. The van der Waals surface area contributed by atoms with Gasteiger partial charge < -0.3 is 4.74 Å². The van der Waals surface area contributed by atoms with Gasteiger partial charge in [0.2, 0.25) is 0 Å². The number of aromatic nitrogens is 2. The molecule has 8 nitrogen and oxygen atoms in total. The summed E-state index contributed by atoms with van der Waals surface area (Å²) in [6.45, 7) is -0.285. The van der Waals surface area contributed by atoms with Gasteiger partial charge in [0.25, 0.3) is 11.8 Å². The van der Waals surface area contributed by atoms with Crippen LogP contribution in [0.1, 0.15) is 15.9 Å². The molecule has 0 aliphatic rings. The molecular formula is C26H21N5O3. The first-order valence-corrected chi connectivity index (χ1v) is 10.5. The van der Waals surface area contributed by atoms with Crippen LogP contribution in [0.25, 0.3) is 16.9 Å². The van der Waals surface area contributed by atoms with E-state index in [2.05, 4.69) is 22.0 Å². The molecule has 0 spiro atoms. The van der Waals surface area contributed by atoms with Gasteiger partial charge in [0.15, 0.2) is 6.61 Å². The van der Waals surface area contributed by atoms with Crippen molar-refractivity contribution in [2.45, 2.75) is 6.42 Å². The molecule has 0 unspecified atom stereocenters. The number of benzene rings is 3. The molecule has 0 saturated carbocycles. The van der Waals surface area contributed by atoms with Crippen LogP contribution in [0.2, 0.25) is 0 Å². The smallest absolute Gasteiger partial charge is 0.276 e. The molecule has 8 heteroatoms. The minimum atomic E-state index is -0.522. The number of para-hydroxylation sites is 1. The zero-order valence-corrected chi connectivity index (χ0v) is 18.1. The number of amides is 2. The van der Waals surface area contributed by atoms with E-state index in [0.717, 1.165) is 16.8 Å². The topological polar surface area (TPSA) is 109 Å². The van der Waals surface area contributed by atoms with E-state index in [4.69, 9.17) is 10.00 Å². The van der Waals surface area contributed by atoms with E-state index in [1.165, 1.54) is 0 Å². The van der Waals surface area contributed by atoms with Crippen molar-refractivity contribution in [3.05, 3.63) is 102 Å². The lowest BCUT2D eigenvalue weighted by molar-refractivity contribution is -0.123. The van der Waals surface area contributed by atoms with Gasteiger partial charge in [0.05, 0.1) is 23.7 Å².